The number of nitrogens with zero attached hydrogens (tertiary/aromatic N) is 2. The second-order valence-corrected chi connectivity index (χ2v) is 13.3. The van der Waals surface area contributed by atoms with E-state index in [4.69, 9.17) is 14.2 Å². The van der Waals surface area contributed by atoms with Gasteiger partial charge in [0.25, 0.3) is 0 Å². The molecule has 1 saturated heterocycles. The molecule has 8 nitrogen and oxygen atoms in total. The Labute approximate surface area is 273 Å². The fourth-order valence-corrected chi connectivity index (χ4v) is 8.75. The van der Waals surface area contributed by atoms with Gasteiger partial charge in [0.05, 0.1) is 24.6 Å². The van der Waals surface area contributed by atoms with Gasteiger partial charge in [0.15, 0.2) is 11.5 Å². The Hall–Kier alpha value is -3.99. The van der Waals surface area contributed by atoms with Gasteiger partial charge in [0, 0.05) is 38.2 Å². The first-order valence-corrected chi connectivity index (χ1v) is 16.1. The fourth-order valence-electron chi connectivity index (χ4n) is 8.75. The molecule has 6 rings (SSSR count). The van der Waals surface area contributed by atoms with Crippen molar-refractivity contribution in [3.63, 3.8) is 0 Å². The maximum Gasteiger partial charge on any atom is 0.573 e. The van der Waals surface area contributed by atoms with Crippen molar-refractivity contribution in [3.8, 4) is 17.2 Å². The highest BCUT2D eigenvalue weighted by atomic mass is 19.4. The van der Waals surface area contributed by atoms with Gasteiger partial charge >= 0.3 is 12.3 Å². The lowest BCUT2D eigenvalue weighted by Crippen LogP contribution is -2.79. The second-order valence-electron chi connectivity index (χ2n) is 13.3. The van der Waals surface area contributed by atoms with E-state index in [2.05, 4.69) is 22.3 Å². The quantitative estimate of drug-likeness (QED) is 0.175. The molecule has 2 unspecified atom stereocenters. The van der Waals surface area contributed by atoms with Crippen molar-refractivity contribution in [3.05, 3.63) is 71.8 Å². The van der Waals surface area contributed by atoms with Crippen LogP contribution in [0.5, 0.6) is 17.2 Å². The first-order chi connectivity index (χ1) is 22.3. The highest BCUT2D eigenvalue weighted by Gasteiger charge is 2.75. The van der Waals surface area contributed by atoms with Gasteiger partial charge in [-0.1, -0.05) is 38.1 Å². The summed E-state index contributed by atoms with van der Waals surface area (Å²) in [7, 11) is 1.60. The summed E-state index contributed by atoms with van der Waals surface area (Å²) in [4.78, 5) is 31.2. The van der Waals surface area contributed by atoms with Crippen molar-refractivity contribution in [1.29, 1.82) is 0 Å². The molecule has 1 amide bonds. The van der Waals surface area contributed by atoms with Gasteiger partial charge in [-0.15, -0.1) is 19.8 Å². The Bertz CT molecular complexity index is 1590. The van der Waals surface area contributed by atoms with Gasteiger partial charge in [0.1, 0.15) is 17.5 Å². The molecule has 2 fully saturated rings. The minimum Gasteiger partial charge on any atom is -0.493 e. The molecule has 2 heterocycles. The Morgan fingerprint density at radius 1 is 1.21 bits per heavy atom. The van der Waals surface area contributed by atoms with Crippen molar-refractivity contribution in [1.82, 2.24) is 9.80 Å². The zero-order chi connectivity index (χ0) is 33.7. The molecular formula is C36H41F3N2O6. The number of amides is 1. The van der Waals surface area contributed by atoms with Crippen molar-refractivity contribution < 1.29 is 41.7 Å². The number of rotatable bonds is 10. The summed E-state index contributed by atoms with van der Waals surface area (Å²) in [5.74, 6) is 0.333. The van der Waals surface area contributed by atoms with Crippen LogP contribution in [0.25, 0.3) is 6.08 Å². The summed E-state index contributed by atoms with van der Waals surface area (Å²) in [6, 6.07) is 9.00. The second kappa shape index (κ2) is 12.2. The molecule has 5 atom stereocenters. The number of likely N-dealkylation sites (tertiary alicyclic amines) is 1. The monoisotopic (exact) mass is 654 g/mol. The number of ether oxygens (including phenoxy) is 4. The van der Waals surface area contributed by atoms with Crippen LogP contribution < -0.4 is 14.2 Å². The van der Waals surface area contributed by atoms with Gasteiger partial charge in [-0.2, -0.15) is 0 Å². The maximum absolute atomic E-state index is 14.1. The third kappa shape index (κ3) is 5.56. The van der Waals surface area contributed by atoms with E-state index < -0.39 is 23.5 Å². The number of hydrogen-bond acceptors (Lipinski definition) is 7. The van der Waals surface area contributed by atoms with E-state index in [-0.39, 0.29) is 35.6 Å². The molecule has 252 valence electrons. The van der Waals surface area contributed by atoms with E-state index in [0.717, 1.165) is 17.7 Å². The number of esters is 1. The summed E-state index contributed by atoms with van der Waals surface area (Å²) in [5, 5.41) is 0. The molecule has 11 heteroatoms. The summed E-state index contributed by atoms with van der Waals surface area (Å²) < 4.78 is 61.8. The number of halogens is 3. The number of alkyl halides is 3. The SMILES string of the molecule is C=CCN1CC[C@]23c4c5ccc(OC)c4OC2C(N(CC(C)C)C(=O)/C=C/c2cccc(OC(F)(F)F)c2)CC[C@@]3(OC(C)=O)[C@H]1C5. The largest absolute Gasteiger partial charge is 0.573 e. The van der Waals surface area contributed by atoms with Crippen LogP contribution in [0.3, 0.4) is 0 Å². The van der Waals surface area contributed by atoms with E-state index in [9.17, 15) is 22.8 Å². The number of benzene rings is 2. The lowest BCUT2D eigenvalue weighted by atomic mass is 9.48. The zero-order valence-electron chi connectivity index (χ0n) is 27.1. The van der Waals surface area contributed by atoms with Crippen molar-refractivity contribution in [2.45, 2.75) is 82.0 Å². The van der Waals surface area contributed by atoms with Gasteiger partial charge in [-0.25, -0.2) is 0 Å². The molecule has 2 aliphatic carbocycles. The summed E-state index contributed by atoms with van der Waals surface area (Å²) in [6.45, 7) is 11.3. The highest BCUT2D eigenvalue weighted by Crippen LogP contribution is 2.67. The standard InChI is InChI=1S/C36H41F3N2O6/c1-6-17-40-18-16-34-31-25-11-12-28(44-5)32(31)45-33(34)27(14-15-35(34,29(40)20-25)46-23(4)42)41(21-22(2)3)30(43)13-10-24-8-7-9-26(19-24)47-36(37,38)39/h6-13,19,22,27,29,33H,1,14-18,20-21H2,2-5H3/b13-10+/t27?,29-,33?,34+,35-/m1/s1. The van der Waals surface area contributed by atoms with Crippen LogP contribution in [0, 0.1) is 5.92 Å². The third-order valence-corrected chi connectivity index (χ3v) is 10.2. The molecule has 2 aromatic rings. The van der Waals surface area contributed by atoms with Crippen molar-refractivity contribution in [2.24, 2.45) is 5.92 Å². The zero-order valence-corrected chi connectivity index (χ0v) is 27.1. The number of hydrogen-bond donors (Lipinski definition) is 0. The predicted octanol–water partition coefficient (Wildman–Crippen LogP) is 6.07. The Morgan fingerprint density at radius 3 is 2.68 bits per heavy atom. The minimum atomic E-state index is -4.82. The molecule has 1 saturated carbocycles. The minimum absolute atomic E-state index is 0.107. The first-order valence-electron chi connectivity index (χ1n) is 16.1. The van der Waals surface area contributed by atoms with Gasteiger partial charge in [-0.3, -0.25) is 14.5 Å². The van der Waals surface area contributed by atoms with E-state index in [0.29, 0.717) is 55.8 Å². The summed E-state index contributed by atoms with van der Waals surface area (Å²) in [6.07, 6.45) is 1.77. The first kappa shape index (κ1) is 32.9. The lowest BCUT2D eigenvalue weighted by molar-refractivity contribution is -0.274. The molecule has 2 bridgehead atoms. The highest BCUT2D eigenvalue weighted by molar-refractivity contribution is 5.92. The van der Waals surface area contributed by atoms with Crippen LogP contribution in [0.4, 0.5) is 13.2 Å². The molecular weight excluding hydrogens is 613 g/mol. The summed E-state index contributed by atoms with van der Waals surface area (Å²) >= 11 is 0. The molecule has 0 aromatic heterocycles. The van der Waals surface area contributed by atoms with Gasteiger partial charge in [0.2, 0.25) is 5.91 Å². The van der Waals surface area contributed by atoms with E-state index >= 15 is 0 Å². The van der Waals surface area contributed by atoms with E-state index in [1.54, 1.807) is 13.2 Å². The Morgan fingerprint density at radius 2 is 2.00 bits per heavy atom. The molecule has 47 heavy (non-hydrogen) atoms. The fraction of sp³-hybridized carbons (Fsp3) is 0.500. The van der Waals surface area contributed by atoms with Gasteiger partial charge in [-0.05, 0) is 67.0 Å². The molecule has 4 aliphatic rings. The number of methoxy groups -OCH3 is 1. The molecule has 2 aromatic carbocycles. The maximum atomic E-state index is 14.1. The topological polar surface area (TPSA) is 77.5 Å². The smallest absolute Gasteiger partial charge is 0.493 e. The van der Waals surface area contributed by atoms with E-state index in [1.165, 1.54) is 37.3 Å². The molecule has 0 radical (unpaired) electrons. The molecule has 2 aliphatic heterocycles. The van der Waals surface area contributed by atoms with Crippen molar-refractivity contribution >= 4 is 18.0 Å². The molecule has 1 spiro atoms. The lowest BCUT2D eigenvalue weighted by Gasteiger charge is -2.65. The van der Waals surface area contributed by atoms with Crippen LogP contribution >= 0.6 is 0 Å². The van der Waals surface area contributed by atoms with Crippen LogP contribution in [-0.2, 0) is 26.2 Å². The number of piperidine rings is 1. The predicted molar refractivity (Wildman–Crippen MR) is 169 cm³/mol. The average molecular weight is 655 g/mol. The molecule has 0 N–H and O–H groups in total. The number of carbonyl (C=O) groups is 2. The number of carbonyl (C=O) groups excluding carboxylic acids is 2. The van der Waals surface area contributed by atoms with Crippen LogP contribution in [-0.4, -0.2) is 78.6 Å². The van der Waals surface area contributed by atoms with Crippen LogP contribution in [0.2, 0.25) is 0 Å². The summed E-state index contributed by atoms with van der Waals surface area (Å²) in [5.41, 5.74) is 0.894. The Balaban J connectivity index is 1.42. The van der Waals surface area contributed by atoms with Crippen LogP contribution in [0.1, 0.15) is 56.7 Å². The average Bonchev–Trinajstić information content (AvgIpc) is 3.35. The third-order valence-electron chi connectivity index (χ3n) is 10.2. The van der Waals surface area contributed by atoms with Crippen LogP contribution in [0.15, 0.2) is 55.1 Å². The van der Waals surface area contributed by atoms with Gasteiger partial charge < -0.3 is 23.8 Å². The normalized spacial score (nSPS) is 27.6. The van der Waals surface area contributed by atoms with E-state index in [1.807, 2.05) is 30.9 Å². The van der Waals surface area contributed by atoms with Crippen molar-refractivity contribution in [2.75, 3.05) is 26.7 Å². The Kier molecular flexibility index (Phi) is 8.57.